The summed E-state index contributed by atoms with van der Waals surface area (Å²) in [7, 11) is 0. The first-order chi connectivity index (χ1) is 12.1. The first-order valence-electron chi connectivity index (χ1n) is 7.50. The molecule has 0 fully saturated rings. The Morgan fingerprint density at radius 3 is 2.84 bits per heavy atom. The zero-order valence-electron chi connectivity index (χ0n) is 13.1. The van der Waals surface area contributed by atoms with Gasteiger partial charge in [0.05, 0.1) is 21.8 Å². The van der Waals surface area contributed by atoms with E-state index in [1.54, 1.807) is 12.1 Å². The predicted molar refractivity (Wildman–Crippen MR) is 95.9 cm³/mol. The van der Waals surface area contributed by atoms with Crippen LogP contribution in [0.25, 0.3) is 10.9 Å². The third-order valence-corrected chi connectivity index (χ3v) is 4.20. The molecule has 0 saturated heterocycles. The molecule has 2 N–H and O–H groups in total. The second-order valence-corrected chi connectivity index (χ2v) is 5.92. The Labute approximate surface area is 147 Å². The van der Waals surface area contributed by atoms with Gasteiger partial charge in [-0.25, -0.2) is 9.79 Å². The molecule has 6 nitrogen and oxygen atoms in total. The number of aliphatic imine (C=N–C) groups is 1. The average Bonchev–Trinajstić information content (AvgIpc) is 3.10. The lowest BCUT2D eigenvalue weighted by atomic mass is 10.0. The number of fused-ring (bicyclic) bond motifs is 2. The molecule has 1 aliphatic heterocycles. The highest BCUT2D eigenvalue weighted by Gasteiger charge is 2.29. The van der Waals surface area contributed by atoms with Crippen LogP contribution in [0.2, 0.25) is 5.02 Å². The minimum atomic E-state index is -0.539. The van der Waals surface area contributed by atoms with E-state index in [4.69, 9.17) is 16.4 Å². The van der Waals surface area contributed by atoms with Crippen molar-refractivity contribution in [3.8, 4) is 5.88 Å². The predicted octanol–water partition coefficient (Wildman–Crippen LogP) is 3.93. The maximum atomic E-state index is 11.2. The van der Waals surface area contributed by atoms with Gasteiger partial charge in [-0.1, -0.05) is 47.1 Å². The largest absolute Gasteiger partial charge is 0.494 e. The van der Waals surface area contributed by atoms with Crippen molar-refractivity contribution in [1.82, 2.24) is 4.98 Å². The number of carbonyl (C=O) groups excluding carboxylic acids is 1. The number of aromatic amines is 1. The third kappa shape index (κ3) is 2.47. The smallest absolute Gasteiger partial charge is 0.332 e. The molecule has 0 atom stereocenters. The lowest BCUT2D eigenvalue weighted by molar-refractivity contribution is -0.140. The lowest BCUT2D eigenvalue weighted by Crippen LogP contribution is -2.14. The van der Waals surface area contributed by atoms with Crippen molar-refractivity contribution in [2.45, 2.75) is 6.92 Å². The number of hydrogen-bond acceptors (Lipinski definition) is 5. The fraction of sp³-hybridized carbons (Fsp3) is 0.0556. The molecule has 0 radical (unpaired) electrons. The monoisotopic (exact) mass is 353 g/mol. The Bertz CT molecular complexity index is 1080. The fourth-order valence-corrected chi connectivity index (χ4v) is 3.08. The molecule has 3 aromatic rings. The van der Waals surface area contributed by atoms with Crippen LogP contribution in [0, 0.1) is 0 Å². The van der Waals surface area contributed by atoms with Gasteiger partial charge < -0.3 is 14.9 Å². The van der Waals surface area contributed by atoms with Crippen molar-refractivity contribution >= 4 is 45.6 Å². The number of oxime groups is 1. The zero-order chi connectivity index (χ0) is 17.6. The number of para-hydroxylation sites is 2. The number of aromatic nitrogens is 1. The molecule has 0 bridgehead atoms. The number of H-pyrrole nitrogens is 1. The van der Waals surface area contributed by atoms with E-state index in [0.717, 1.165) is 5.56 Å². The van der Waals surface area contributed by atoms with Crippen LogP contribution in [-0.2, 0) is 9.63 Å². The van der Waals surface area contributed by atoms with E-state index in [1.807, 2.05) is 30.3 Å². The van der Waals surface area contributed by atoms with Crippen LogP contribution in [0.4, 0.5) is 5.69 Å². The second kappa shape index (κ2) is 5.75. The van der Waals surface area contributed by atoms with Crippen LogP contribution >= 0.6 is 11.6 Å². The fourth-order valence-electron chi connectivity index (χ4n) is 2.86. The summed E-state index contributed by atoms with van der Waals surface area (Å²) in [6, 6.07) is 12.7. The van der Waals surface area contributed by atoms with Crippen LogP contribution in [0.1, 0.15) is 18.1 Å². The summed E-state index contributed by atoms with van der Waals surface area (Å²) in [4.78, 5) is 23.5. The Balaban J connectivity index is 1.96. The lowest BCUT2D eigenvalue weighted by Gasteiger charge is -2.03. The van der Waals surface area contributed by atoms with Crippen LogP contribution in [0.3, 0.4) is 0 Å². The molecule has 1 aliphatic rings. The molecular formula is C18H12ClN3O3. The highest BCUT2D eigenvalue weighted by atomic mass is 35.5. The van der Waals surface area contributed by atoms with E-state index in [0.29, 0.717) is 38.6 Å². The molecular weight excluding hydrogens is 342 g/mol. The second-order valence-electron chi connectivity index (χ2n) is 5.51. The molecule has 0 amide bonds. The summed E-state index contributed by atoms with van der Waals surface area (Å²) in [6.07, 6.45) is 0. The Kier molecular flexibility index (Phi) is 3.54. The number of nitrogens with zero attached hydrogens (tertiary/aromatic N) is 2. The minimum absolute atomic E-state index is 0.0785. The van der Waals surface area contributed by atoms with Gasteiger partial charge in [0.25, 0.3) is 0 Å². The van der Waals surface area contributed by atoms with Gasteiger partial charge in [-0.2, -0.15) is 0 Å². The molecule has 0 spiro atoms. The normalized spacial score (nSPS) is 14.6. The molecule has 25 heavy (non-hydrogen) atoms. The number of rotatable bonds is 2. The Hall–Kier alpha value is -3.12. The van der Waals surface area contributed by atoms with Crippen molar-refractivity contribution in [3.05, 3.63) is 58.6 Å². The van der Waals surface area contributed by atoms with Gasteiger partial charge >= 0.3 is 5.97 Å². The number of carbonyl (C=O) groups is 1. The SMILES string of the molecule is CC(=O)O/N=C1\C(c2c(O)[nH]c3c(Cl)cccc23)=Nc2ccccc21. The molecule has 0 unspecified atom stereocenters. The van der Waals surface area contributed by atoms with Crippen molar-refractivity contribution in [2.24, 2.45) is 10.1 Å². The molecule has 0 aliphatic carbocycles. The van der Waals surface area contributed by atoms with E-state index >= 15 is 0 Å². The first kappa shape index (κ1) is 15.4. The Morgan fingerprint density at radius 2 is 2.04 bits per heavy atom. The minimum Gasteiger partial charge on any atom is -0.494 e. The van der Waals surface area contributed by atoms with E-state index in [9.17, 15) is 9.90 Å². The van der Waals surface area contributed by atoms with Crippen molar-refractivity contribution in [2.75, 3.05) is 0 Å². The Morgan fingerprint density at radius 1 is 1.24 bits per heavy atom. The van der Waals surface area contributed by atoms with Crippen molar-refractivity contribution in [3.63, 3.8) is 0 Å². The summed E-state index contributed by atoms with van der Waals surface area (Å²) >= 11 is 6.20. The molecule has 0 saturated carbocycles. The van der Waals surface area contributed by atoms with E-state index < -0.39 is 5.97 Å². The van der Waals surface area contributed by atoms with Gasteiger partial charge in [0.15, 0.2) is 5.88 Å². The van der Waals surface area contributed by atoms with Gasteiger partial charge in [0.2, 0.25) is 0 Å². The van der Waals surface area contributed by atoms with Gasteiger partial charge in [-0.15, -0.1) is 0 Å². The zero-order valence-corrected chi connectivity index (χ0v) is 13.8. The van der Waals surface area contributed by atoms with Crippen LogP contribution < -0.4 is 0 Å². The number of nitrogens with one attached hydrogen (secondary N) is 1. The van der Waals surface area contributed by atoms with Gasteiger partial charge in [0.1, 0.15) is 11.4 Å². The van der Waals surface area contributed by atoms with Crippen molar-refractivity contribution in [1.29, 1.82) is 0 Å². The average molecular weight is 354 g/mol. The summed E-state index contributed by atoms with van der Waals surface area (Å²) in [5, 5.41) is 15.6. The molecule has 7 heteroatoms. The van der Waals surface area contributed by atoms with Crippen LogP contribution in [0.15, 0.2) is 52.6 Å². The highest BCUT2D eigenvalue weighted by Crippen LogP contribution is 2.37. The number of aromatic hydroxyl groups is 1. The quantitative estimate of drug-likeness (QED) is 0.540. The standard InChI is InChI=1S/C18H12ClN3O3/c1-9(23)25-22-16-10-5-2-3-8-13(10)20-17(16)14-11-6-4-7-12(19)15(11)21-18(14)24/h2-8,21,24H,1H3/b22-16-. The van der Waals surface area contributed by atoms with E-state index in [1.165, 1.54) is 6.92 Å². The van der Waals surface area contributed by atoms with Gasteiger partial charge in [-0.05, 0) is 12.1 Å². The maximum Gasteiger partial charge on any atom is 0.332 e. The maximum absolute atomic E-state index is 11.2. The molecule has 2 aromatic carbocycles. The van der Waals surface area contributed by atoms with Gasteiger partial charge in [-0.3, -0.25) is 0 Å². The molecule has 2 heterocycles. The van der Waals surface area contributed by atoms with Crippen molar-refractivity contribution < 1.29 is 14.7 Å². The summed E-state index contributed by atoms with van der Waals surface area (Å²) in [5.41, 5.74) is 3.24. The third-order valence-electron chi connectivity index (χ3n) is 3.88. The molecule has 1 aromatic heterocycles. The summed E-state index contributed by atoms with van der Waals surface area (Å²) in [6.45, 7) is 1.27. The van der Waals surface area contributed by atoms with E-state index in [-0.39, 0.29) is 5.88 Å². The van der Waals surface area contributed by atoms with E-state index in [2.05, 4.69) is 15.1 Å². The van der Waals surface area contributed by atoms with Gasteiger partial charge in [0, 0.05) is 17.9 Å². The topological polar surface area (TPSA) is 87.0 Å². The van der Waals surface area contributed by atoms with Crippen LogP contribution in [0.5, 0.6) is 5.88 Å². The number of halogens is 1. The molecule has 124 valence electrons. The first-order valence-corrected chi connectivity index (χ1v) is 7.87. The summed E-state index contributed by atoms with van der Waals surface area (Å²) < 4.78 is 0. The number of benzene rings is 2. The highest BCUT2D eigenvalue weighted by molar-refractivity contribution is 6.58. The number of hydrogen-bond donors (Lipinski definition) is 2. The molecule has 4 rings (SSSR count). The van der Waals surface area contributed by atoms with Crippen LogP contribution in [-0.4, -0.2) is 27.5 Å². The summed E-state index contributed by atoms with van der Waals surface area (Å²) in [5.74, 6) is -0.618.